The molecule has 6 rings (SSSR count). The third kappa shape index (κ3) is 7.82. The maximum atomic E-state index is 13.4. The van der Waals surface area contributed by atoms with Crippen LogP contribution >= 0.6 is 0 Å². The third-order valence-corrected chi connectivity index (χ3v) is 7.87. The van der Waals surface area contributed by atoms with Crippen LogP contribution in [0.15, 0.2) is 140 Å². The number of halogens is 3. The van der Waals surface area contributed by atoms with Crippen molar-refractivity contribution >= 4 is 34.4 Å². The number of nitrogens with zero attached hydrogens (tertiary/aromatic N) is 1. The highest BCUT2D eigenvalue weighted by Gasteiger charge is 2.30. The SMILES string of the molecule is O=C(N[C@H](C(=O)NCc1ccccc1)c1ccccc1)c1ccc2nc(NC(=O)c3ccccc3-c3ccc(C(F)(F)F)cc3)ccc2c1. The van der Waals surface area contributed by atoms with E-state index in [-0.39, 0.29) is 17.3 Å². The summed E-state index contributed by atoms with van der Waals surface area (Å²) in [6.45, 7) is 0.306. The number of nitrogens with one attached hydrogen (secondary N) is 3. The van der Waals surface area contributed by atoms with E-state index in [1.54, 1.807) is 78.9 Å². The van der Waals surface area contributed by atoms with Crippen molar-refractivity contribution in [2.24, 2.45) is 0 Å². The minimum Gasteiger partial charge on any atom is -0.350 e. The predicted molar refractivity (Wildman–Crippen MR) is 182 cm³/mol. The van der Waals surface area contributed by atoms with Crippen molar-refractivity contribution in [1.82, 2.24) is 15.6 Å². The van der Waals surface area contributed by atoms with E-state index in [2.05, 4.69) is 20.9 Å². The van der Waals surface area contributed by atoms with Gasteiger partial charge in [-0.25, -0.2) is 4.98 Å². The fourth-order valence-electron chi connectivity index (χ4n) is 5.34. The standard InChI is InChI=1S/C39H29F3N4O3/c40-39(41,42)30-19-15-26(16-20-30)31-13-7-8-14-32(31)37(48)45-34-22-18-28-23-29(17-21-33(28)44-34)36(47)46-35(27-11-5-2-6-12-27)38(49)43-24-25-9-3-1-4-10-25/h1-23,35H,24H2,(H,43,49)(H,46,47)(H,44,45,48)/t35-/m0/s1. The number of benzene rings is 5. The molecule has 0 fully saturated rings. The summed E-state index contributed by atoms with van der Waals surface area (Å²) in [4.78, 5) is 44.5. The molecule has 7 nitrogen and oxygen atoms in total. The Hall–Kier alpha value is -6.29. The molecule has 3 N–H and O–H groups in total. The van der Waals surface area contributed by atoms with Crippen LogP contribution in [-0.4, -0.2) is 22.7 Å². The normalized spacial score (nSPS) is 11.8. The second-order valence-corrected chi connectivity index (χ2v) is 11.2. The second kappa shape index (κ2) is 14.2. The maximum Gasteiger partial charge on any atom is 0.416 e. The van der Waals surface area contributed by atoms with E-state index in [0.29, 0.717) is 39.7 Å². The van der Waals surface area contributed by atoms with Crippen LogP contribution in [0.25, 0.3) is 22.0 Å². The van der Waals surface area contributed by atoms with Crippen LogP contribution < -0.4 is 16.0 Å². The lowest BCUT2D eigenvalue weighted by Gasteiger charge is -2.19. The molecule has 0 saturated carbocycles. The fourth-order valence-corrected chi connectivity index (χ4v) is 5.34. The van der Waals surface area contributed by atoms with Gasteiger partial charge in [-0.05, 0) is 70.8 Å². The fraction of sp³-hybridized carbons (Fsp3) is 0.0769. The number of hydrogen-bond donors (Lipinski definition) is 3. The first-order valence-corrected chi connectivity index (χ1v) is 15.3. The van der Waals surface area contributed by atoms with Gasteiger partial charge in [0, 0.05) is 23.1 Å². The smallest absolute Gasteiger partial charge is 0.350 e. The number of alkyl halides is 3. The Balaban J connectivity index is 1.17. The first-order chi connectivity index (χ1) is 23.7. The average Bonchev–Trinajstić information content (AvgIpc) is 3.13. The molecule has 1 heterocycles. The summed E-state index contributed by atoms with van der Waals surface area (Å²) in [6, 6.07) is 36.9. The van der Waals surface area contributed by atoms with E-state index in [1.807, 2.05) is 36.4 Å². The molecule has 5 aromatic carbocycles. The van der Waals surface area contributed by atoms with Gasteiger partial charge in [-0.3, -0.25) is 14.4 Å². The molecule has 0 aliphatic heterocycles. The summed E-state index contributed by atoms with van der Waals surface area (Å²) >= 11 is 0. The lowest BCUT2D eigenvalue weighted by molar-refractivity contribution is -0.137. The molecule has 3 amide bonds. The van der Waals surface area contributed by atoms with Crippen LogP contribution in [0.5, 0.6) is 0 Å². The molecule has 0 saturated heterocycles. The van der Waals surface area contributed by atoms with Gasteiger partial charge in [-0.15, -0.1) is 0 Å². The molecular formula is C39H29F3N4O3. The van der Waals surface area contributed by atoms with Crippen molar-refractivity contribution in [3.05, 3.63) is 167 Å². The van der Waals surface area contributed by atoms with Crippen molar-refractivity contribution in [1.29, 1.82) is 0 Å². The molecule has 10 heteroatoms. The topological polar surface area (TPSA) is 100 Å². The lowest BCUT2D eigenvalue weighted by Crippen LogP contribution is -2.40. The molecule has 244 valence electrons. The van der Waals surface area contributed by atoms with Crippen molar-refractivity contribution in [2.45, 2.75) is 18.8 Å². The number of amides is 3. The quantitative estimate of drug-likeness (QED) is 0.147. The summed E-state index contributed by atoms with van der Waals surface area (Å²) in [5.41, 5.74) is 2.78. The van der Waals surface area contributed by atoms with Gasteiger partial charge in [0.25, 0.3) is 11.8 Å². The van der Waals surface area contributed by atoms with Crippen LogP contribution in [0.2, 0.25) is 0 Å². The first-order valence-electron chi connectivity index (χ1n) is 15.3. The van der Waals surface area contributed by atoms with Gasteiger partial charge in [0.15, 0.2) is 0 Å². The van der Waals surface area contributed by atoms with Gasteiger partial charge in [0.1, 0.15) is 11.9 Å². The predicted octanol–water partition coefficient (Wildman–Crippen LogP) is 7.96. The Morgan fingerprint density at radius 1 is 0.694 bits per heavy atom. The highest BCUT2D eigenvalue weighted by atomic mass is 19.4. The minimum absolute atomic E-state index is 0.246. The summed E-state index contributed by atoms with van der Waals surface area (Å²) in [7, 11) is 0. The zero-order valence-electron chi connectivity index (χ0n) is 25.9. The summed E-state index contributed by atoms with van der Waals surface area (Å²) in [5.74, 6) is -1.05. The molecule has 49 heavy (non-hydrogen) atoms. The minimum atomic E-state index is -4.47. The molecule has 0 unspecified atom stereocenters. The first kappa shape index (κ1) is 32.6. The zero-order valence-corrected chi connectivity index (χ0v) is 25.9. The number of rotatable bonds is 9. The molecule has 6 aromatic rings. The van der Waals surface area contributed by atoms with E-state index in [0.717, 1.165) is 17.7 Å². The molecule has 1 atom stereocenters. The number of anilines is 1. The van der Waals surface area contributed by atoms with Gasteiger partial charge < -0.3 is 16.0 Å². The number of fused-ring (bicyclic) bond motifs is 1. The highest BCUT2D eigenvalue weighted by Crippen LogP contribution is 2.32. The van der Waals surface area contributed by atoms with E-state index in [4.69, 9.17) is 0 Å². The molecule has 0 bridgehead atoms. The van der Waals surface area contributed by atoms with Gasteiger partial charge in [0.2, 0.25) is 5.91 Å². The lowest BCUT2D eigenvalue weighted by atomic mass is 9.98. The Morgan fingerprint density at radius 2 is 1.37 bits per heavy atom. The van der Waals surface area contributed by atoms with E-state index in [1.165, 1.54) is 12.1 Å². The van der Waals surface area contributed by atoms with Crippen molar-refractivity contribution < 1.29 is 27.6 Å². The van der Waals surface area contributed by atoms with Gasteiger partial charge >= 0.3 is 6.18 Å². The Kier molecular flexibility index (Phi) is 9.48. The number of hydrogen-bond acceptors (Lipinski definition) is 4. The number of carbonyl (C=O) groups excluding carboxylic acids is 3. The molecule has 0 aliphatic rings. The van der Waals surface area contributed by atoms with Gasteiger partial charge in [0.05, 0.1) is 11.1 Å². The summed E-state index contributed by atoms with van der Waals surface area (Å²) in [6.07, 6.45) is -4.47. The van der Waals surface area contributed by atoms with Crippen LogP contribution in [0.3, 0.4) is 0 Å². The van der Waals surface area contributed by atoms with E-state index < -0.39 is 29.6 Å². The van der Waals surface area contributed by atoms with Gasteiger partial charge in [-0.1, -0.05) is 91.0 Å². The third-order valence-electron chi connectivity index (χ3n) is 7.87. The number of pyridine rings is 1. The second-order valence-electron chi connectivity index (χ2n) is 11.2. The van der Waals surface area contributed by atoms with Crippen LogP contribution in [-0.2, 0) is 17.5 Å². The zero-order chi connectivity index (χ0) is 34.4. The van der Waals surface area contributed by atoms with Gasteiger partial charge in [-0.2, -0.15) is 13.2 Å². The Bertz CT molecular complexity index is 2120. The van der Waals surface area contributed by atoms with Crippen molar-refractivity contribution in [3.8, 4) is 11.1 Å². The molecule has 0 radical (unpaired) electrons. The van der Waals surface area contributed by atoms with E-state index >= 15 is 0 Å². The number of aromatic nitrogens is 1. The summed E-state index contributed by atoms with van der Waals surface area (Å²) < 4.78 is 39.2. The number of carbonyl (C=O) groups is 3. The molecule has 0 aliphatic carbocycles. The Morgan fingerprint density at radius 3 is 2.08 bits per heavy atom. The average molecular weight is 659 g/mol. The van der Waals surface area contributed by atoms with E-state index in [9.17, 15) is 27.6 Å². The van der Waals surface area contributed by atoms with Crippen LogP contribution in [0.1, 0.15) is 43.4 Å². The summed E-state index contributed by atoms with van der Waals surface area (Å²) in [5, 5.41) is 9.14. The van der Waals surface area contributed by atoms with Crippen LogP contribution in [0, 0.1) is 0 Å². The largest absolute Gasteiger partial charge is 0.416 e. The monoisotopic (exact) mass is 658 g/mol. The molecule has 0 spiro atoms. The Labute approximate surface area is 279 Å². The maximum absolute atomic E-state index is 13.4. The van der Waals surface area contributed by atoms with Crippen LogP contribution in [0.4, 0.5) is 19.0 Å². The van der Waals surface area contributed by atoms with Crippen molar-refractivity contribution in [3.63, 3.8) is 0 Å². The highest BCUT2D eigenvalue weighted by molar-refractivity contribution is 6.09. The molecule has 1 aromatic heterocycles. The van der Waals surface area contributed by atoms with Crippen molar-refractivity contribution in [2.75, 3.05) is 5.32 Å². The molecular weight excluding hydrogens is 629 g/mol.